The predicted molar refractivity (Wildman–Crippen MR) is 140 cm³/mol. The van der Waals surface area contributed by atoms with Crippen molar-refractivity contribution in [2.75, 3.05) is 0 Å². The molecule has 0 aliphatic heterocycles. The Morgan fingerprint density at radius 2 is 1.40 bits per heavy atom. The van der Waals surface area contributed by atoms with Gasteiger partial charge in [-0.1, -0.05) is 73.4 Å². The fourth-order valence-corrected chi connectivity index (χ4v) is 4.28. The van der Waals surface area contributed by atoms with Gasteiger partial charge in [-0.15, -0.1) is 0 Å². The first-order valence-corrected chi connectivity index (χ1v) is 12.7. The van der Waals surface area contributed by atoms with Crippen LogP contribution in [0.4, 0.5) is 0 Å². The van der Waals surface area contributed by atoms with Crippen molar-refractivity contribution in [3.63, 3.8) is 0 Å². The van der Waals surface area contributed by atoms with E-state index in [1.54, 1.807) is 23.9 Å². The summed E-state index contributed by atoms with van der Waals surface area (Å²) in [4.78, 5) is 32.5. The van der Waals surface area contributed by atoms with Crippen molar-refractivity contribution in [2.24, 2.45) is 5.16 Å². The molecule has 0 saturated heterocycles. The van der Waals surface area contributed by atoms with Crippen LogP contribution in [0.15, 0.2) is 93.8 Å². The Kier molecular flexibility index (Phi) is 10.3. The zero-order chi connectivity index (χ0) is 25.0. The summed E-state index contributed by atoms with van der Waals surface area (Å²) in [6.45, 7) is 3.59. The van der Waals surface area contributed by atoms with Gasteiger partial charge >= 0.3 is 0 Å². The minimum atomic E-state index is -1.07. The number of carbonyl (C=O) groups excluding carboxylic acids is 2. The first-order valence-electron chi connectivity index (χ1n) is 11.9. The third kappa shape index (κ3) is 8.19. The van der Waals surface area contributed by atoms with Gasteiger partial charge in [0.1, 0.15) is 5.71 Å². The number of nitrogens with zero attached hydrogens (tertiary/aromatic N) is 1. The Labute approximate surface area is 211 Å². The molecule has 182 valence electrons. The van der Waals surface area contributed by atoms with Crippen molar-refractivity contribution in [2.45, 2.75) is 62.0 Å². The largest absolute Gasteiger partial charge is 0.364 e. The lowest BCUT2D eigenvalue weighted by Gasteiger charge is -2.09. The lowest BCUT2D eigenvalue weighted by molar-refractivity contribution is -0.0838. The van der Waals surface area contributed by atoms with E-state index in [1.807, 2.05) is 66.7 Å². The molecule has 0 bridgehead atoms. The summed E-state index contributed by atoms with van der Waals surface area (Å²) in [5, 5.41) is 13.3. The number of oxime groups is 1. The van der Waals surface area contributed by atoms with Crippen molar-refractivity contribution in [1.29, 1.82) is 0 Å². The summed E-state index contributed by atoms with van der Waals surface area (Å²) in [6, 6.07) is 24.1. The van der Waals surface area contributed by atoms with Gasteiger partial charge in [0.25, 0.3) is 0 Å². The van der Waals surface area contributed by atoms with Crippen molar-refractivity contribution in [3.05, 3.63) is 95.6 Å². The van der Waals surface area contributed by atoms with Gasteiger partial charge in [-0.25, -0.2) is 0 Å². The zero-order valence-corrected chi connectivity index (χ0v) is 21.0. The van der Waals surface area contributed by atoms with Crippen LogP contribution in [-0.2, 0) is 4.84 Å². The van der Waals surface area contributed by atoms with Gasteiger partial charge in [-0.3, -0.25) is 9.59 Å². The van der Waals surface area contributed by atoms with Gasteiger partial charge in [-0.2, -0.15) is 0 Å². The van der Waals surface area contributed by atoms with Gasteiger partial charge in [0.05, 0.1) is 0 Å². The van der Waals surface area contributed by atoms with E-state index in [0.717, 1.165) is 35.5 Å². The molecule has 3 rings (SSSR count). The highest BCUT2D eigenvalue weighted by Crippen LogP contribution is 2.28. The fourth-order valence-electron chi connectivity index (χ4n) is 3.47. The molecule has 3 aromatic rings. The molecule has 6 heteroatoms. The van der Waals surface area contributed by atoms with Crippen LogP contribution in [-0.4, -0.2) is 28.7 Å². The van der Waals surface area contributed by atoms with Crippen LogP contribution in [0.2, 0.25) is 0 Å². The average molecular weight is 490 g/mol. The monoisotopic (exact) mass is 489 g/mol. The number of carbonyl (C=O) groups is 2. The van der Waals surface area contributed by atoms with Crippen LogP contribution in [0.5, 0.6) is 0 Å². The van der Waals surface area contributed by atoms with Crippen LogP contribution in [0.25, 0.3) is 0 Å². The van der Waals surface area contributed by atoms with Gasteiger partial charge in [-0.05, 0) is 61.4 Å². The van der Waals surface area contributed by atoms with E-state index in [4.69, 9.17) is 4.84 Å². The molecule has 0 aliphatic rings. The third-order valence-electron chi connectivity index (χ3n) is 5.35. The van der Waals surface area contributed by atoms with Crippen molar-refractivity contribution < 1.29 is 19.5 Å². The second kappa shape index (κ2) is 13.6. The molecule has 35 heavy (non-hydrogen) atoms. The molecule has 1 unspecified atom stereocenters. The molecule has 0 radical (unpaired) electrons. The molecule has 0 fully saturated rings. The summed E-state index contributed by atoms with van der Waals surface area (Å²) in [6.07, 6.45) is 3.51. The minimum Gasteiger partial charge on any atom is -0.364 e. The molecular weight excluding hydrogens is 458 g/mol. The van der Waals surface area contributed by atoms with Gasteiger partial charge in [0.2, 0.25) is 12.1 Å². The first kappa shape index (κ1) is 26.4. The highest BCUT2D eigenvalue weighted by atomic mass is 32.2. The lowest BCUT2D eigenvalue weighted by Crippen LogP contribution is -2.16. The SMILES string of the molecule is CCCCCCC(=NOC(C)O)C(=O)c1ccc(Sc2ccc(C(=O)c3ccccc3)cc2)cc1. The topological polar surface area (TPSA) is 76.0 Å². The van der Waals surface area contributed by atoms with Gasteiger partial charge in [0, 0.05) is 33.4 Å². The molecule has 5 nitrogen and oxygen atoms in total. The fraction of sp³-hybridized carbons (Fsp3) is 0.276. The number of unbranched alkanes of at least 4 members (excludes halogenated alkanes) is 3. The number of rotatable bonds is 13. The third-order valence-corrected chi connectivity index (χ3v) is 6.37. The van der Waals surface area contributed by atoms with E-state index in [-0.39, 0.29) is 11.6 Å². The van der Waals surface area contributed by atoms with Crippen molar-refractivity contribution in [3.8, 4) is 0 Å². The Morgan fingerprint density at radius 1 is 0.829 bits per heavy atom. The maximum Gasteiger partial charge on any atom is 0.221 e. The second-order valence-electron chi connectivity index (χ2n) is 8.23. The van der Waals surface area contributed by atoms with Crippen molar-refractivity contribution in [1.82, 2.24) is 0 Å². The maximum absolute atomic E-state index is 13.0. The standard InChI is InChI=1S/C29H31NO4S/c1-3-4-5-9-12-27(30-34-21(2)31)29(33)24-15-19-26(20-16-24)35-25-17-13-23(14-18-25)28(32)22-10-7-6-8-11-22/h6-8,10-11,13-21,31H,3-5,9,12H2,1-2H3. The van der Waals surface area contributed by atoms with E-state index in [9.17, 15) is 14.7 Å². The van der Waals surface area contributed by atoms with E-state index in [1.165, 1.54) is 6.92 Å². The molecule has 1 N–H and O–H groups in total. The molecule has 3 aromatic carbocycles. The molecule has 0 amide bonds. The summed E-state index contributed by atoms with van der Waals surface area (Å²) >= 11 is 1.56. The summed E-state index contributed by atoms with van der Waals surface area (Å²) in [5.74, 6) is -0.195. The summed E-state index contributed by atoms with van der Waals surface area (Å²) in [7, 11) is 0. The molecule has 0 aliphatic carbocycles. The Bertz CT molecular complexity index is 1120. The Hall–Kier alpha value is -3.22. The van der Waals surface area contributed by atoms with Crippen molar-refractivity contribution >= 4 is 29.0 Å². The summed E-state index contributed by atoms with van der Waals surface area (Å²) in [5.41, 5.74) is 2.16. The number of Topliss-reactive ketones (excluding diaryl/α,β-unsaturated/α-hetero) is 1. The van der Waals surface area contributed by atoms with Crippen LogP contribution in [0, 0.1) is 0 Å². The number of hydrogen-bond donors (Lipinski definition) is 1. The van der Waals surface area contributed by atoms with Crippen LogP contribution in [0.3, 0.4) is 0 Å². The van der Waals surface area contributed by atoms with Gasteiger partial charge in [0.15, 0.2) is 5.78 Å². The number of benzene rings is 3. The van der Waals surface area contributed by atoms with E-state index in [2.05, 4.69) is 12.1 Å². The highest BCUT2D eigenvalue weighted by Gasteiger charge is 2.16. The number of aliphatic hydroxyl groups excluding tert-OH is 1. The zero-order valence-electron chi connectivity index (χ0n) is 20.1. The molecule has 0 spiro atoms. The maximum atomic E-state index is 13.0. The predicted octanol–water partition coefficient (Wildman–Crippen LogP) is 6.93. The molecule has 0 saturated carbocycles. The smallest absolute Gasteiger partial charge is 0.221 e. The quantitative estimate of drug-likeness (QED) is 0.0926. The van der Waals surface area contributed by atoms with E-state index < -0.39 is 6.29 Å². The van der Waals surface area contributed by atoms with Gasteiger partial charge < -0.3 is 9.94 Å². The van der Waals surface area contributed by atoms with E-state index in [0.29, 0.717) is 28.8 Å². The lowest BCUT2D eigenvalue weighted by atomic mass is 10.0. The number of ketones is 2. The normalized spacial score (nSPS) is 12.3. The number of aliphatic hydroxyl groups is 1. The molecular formula is C29H31NO4S. The van der Waals surface area contributed by atoms with Crippen LogP contribution >= 0.6 is 11.8 Å². The van der Waals surface area contributed by atoms with E-state index >= 15 is 0 Å². The highest BCUT2D eigenvalue weighted by molar-refractivity contribution is 7.99. The molecule has 0 aromatic heterocycles. The Balaban J connectivity index is 1.64. The average Bonchev–Trinajstić information content (AvgIpc) is 2.89. The minimum absolute atomic E-state index is 0.00301. The molecule has 1 atom stereocenters. The van der Waals surface area contributed by atoms with Crippen LogP contribution < -0.4 is 0 Å². The number of hydrogen-bond acceptors (Lipinski definition) is 6. The molecule has 0 heterocycles. The van der Waals surface area contributed by atoms with Crippen LogP contribution in [0.1, 0.15) is 72.2 Å². The summed E-state index contributed by atoms with van der Waals surface area (Å²) < 4.78 is 0. The Morgan fingerprint density at radius 3 is 1.97 bits per heavy atom. The second-order valence-corrected chi connectivity index (χ2v) is 9.38. The first-order chi connectivity index (χ1) is 17.0.